The van der Waals surface area contributed by atoms with Crippen LogP contribution in [0.4, 0.5) is 0 Å². The van der Waals surface area contributed by atoms with Gasteiger partial charge in [-0.15, -0.1) is 0 Å². The molecule has 0 aromatic heterocycles. The summed E-state index contributed by atoms with van der Waals surface area (Å²) in [4.78, 5) is 2.48. The molecule has 2 rings (SSSR count). The monoisotopic (exact) mass is 270 g/mol. The van der Waals surface area contributed by atoms with Crippen molar-refractivity contribution < 1.29 is 9.47 Å². The third-order valence-corrected chi connectivity index (χ3v) is 5.23. The summed E-state index contributed by atoms with van der Waals surface area (Å²) in [6.07, 6.45) is 1.58. The lowest BCUT2D eigenvalue weighted by molar-refractivity contribution is -0.166. The van der Waals surface area contributed by atoms with E-state index in [1.165, 1.54) is 0 Å². The zero-order valence-corrected chi connectivity index (χ0v) is 13.1. The minimum atomic E-state index is -0.141. The van der Waals surface area contributed by atoms with Crippen LogP contribution in [0.5, 0.6) is 0 Å². The van der Waals surface area contributed by atoms with E-state index in [1.54, 1.807) is 0 Å². The van der Waals surface area contributed by atoms with E-state index in [9.17, 15) is 0 Å². The van der Waals surface area contributed by atoms with Gasteiger partial charge in [-0.1, -0.05) is 13.8 Å². The van der Waals surface area contributed by atoms with E-state index < -0.39 is 0 Å². The van der Waals surface area contributed by atoms with Crippen LogP contribution in [0.2, 0.25) is 0 Å². The summed E-state index contributed by atoms with van der Waals surface area (Å²) in [5.41, 5.74) is 6.58. The molecule has 4 unspecified atom stereocenters. The molecule has 2 fully saturated rings. The van der Waals surface area contributed by atoms with E-state index in [0.717, 1.165) is 32.7 Å². The molecule has 4 nitrogen and oxygen atoms in total. The van der Waals surface area contributed by atoms with Crippen molar-refractivity contribution in [2.45, 2.75) is 64.8 Å². The summed E-state index contributed by atoms with van der Waals surface area (Å²) < 4.78 is 11.5. The van der Waals surface area contributed by atoms with Crippen molar-refractivity contribution in [1.82, 2.24) is 4.90 Å². The Balaban J connectivity index is 1.98. The van der Waals surface area contributed by atoms with Gasteiger partial charge in [0.2, 0.25) is 0 Å². The standard InChI is InChI=1S/C15H30N2O2/c1-6-18-13-7-15(16,14(13,4)5)10-17-8-12(3)19-9-11(17)2/h11-13H,6-10,16H2,1-5H3. The molecule has 1 saturated carbocycles. The third kappa shape index (κ3) is 2.68. The molecule has 0 amide bonds. The maximum absolute atomic E-state index is 6.68. The highest BCUT2D eigenvalue weighted by molar-refractivity contribution is 5.15. The number of rotatable bonds is 4. The van der Waals surface area contributed by atoms with E-state index in [2.05, 4.69) is 39.5 Å². The molecule has 0 aromatic carbocycles. The van der Waals surface area contributed by atoms with Crippen LogP contribution in [-0.2, 0) is 9.47 Å². The normalized spacial score (nSPS) is 42.9. The van der Waals surface area contributed by atoms with Gasteiger partial charge in [-0.3, -0.25) is 4.90 Å². The quantitative estimate of drug-likeness (QED) is 0.843. The Morgan fingerprint density at radius 2 is 2.05 bits per heavy atom. The highest BCUT2D eigenvalue weighted by Crippen LogP contribution is 2.50. The van der Waals surface area contributed by atoms with Crippen LogP contribution < -0.4 is 5.73 Å². The number of ether oxygens (including phenoxy) is 2. The predicted octanol–water partition coefficient (Wildman–Crippen LogP) is 1.63. The number of hydrogen-bond donors (Lipinski definition) is 1. The van der Waals surface area contributed by atoms with E-state index in [1.807, 2.05) is 0 Å². The first-order valence-electron chi connectivity index (χ1n) is 7.56. The first-order valence-corrected chi connectivity index (χ1v) is 7.56. The fourth-order valence-corrected chi connectivity index (χ4v) is 3.33. The molecule has 112 valence electrons. The third-order valence-electron chi connectivity index (χ3n) is 5.23. The molecule has 1 heterocycles. The molecule has 0 radical (unpaired) electrons. The van der Waals surface area contributed by atoms with Gasteiger partial charge in [0.25, 0.3) is 0 Å². The van der Waals surface area contributed by atoms with Crippen LogP contribution >= 0.6 is 0 Å². The zero-order chi connectivity index (χ0) is 14.3. The first kappa shape index (κ1) is 15.2. The Labute approximate surface area is 117 Å². The second-order valence-corrected chi connectivity index (χ2v) is 6.95. The van der Waals surface area contributed by atoms with Crippen LogP contribution in [0, 0.1) is 5.41 Å². The van der Waals surface area contributed by atoms with Crippen LogP contribution in [0.1, 0.15) is 41.0 Å². The zero-order valence-electron chi connectivity index (χ0n) is 13.1. The fraction of sp³-hybridized carbons (Fsp3) is 1.00. The number of nitrogens with zero attached hydrogens (tertiary/aromatic N) is 1. The highest BCUT2D eigenvalue weighted by atomic mass is 16.5. The maximum Gasteiger partial charge on any atom is 0.0674 e. The fourth-order valence-electron chi connectivity index (χ4n) is 3.33. The molecule has 0 bridgehead atoms. The summed E-state index contributed by atoms with van der Waals surface area (Å²) in [5, 5.41) is 0. The molecule has 2 aliphatic rings. The number of hydrogen-bond acceptors (Lipinski definition) is 4. The van der Waals surface area contributed by atoms with Crippen LogP contribution in [0.15, 0.2) is 0 Å². The molecule has 1 aliphatic carbocycles. The van der Waals surface area contributed by atoms with Crippen molar-refractivity contribution in [3.8, 4) is 0 Å². The summed E-state index contributed by atoms with van der Waals surface area (Å²) in [6.45, 7) is 14.4. The van der Waals surface area contributed by atoms with Gasteiger partial charge in [0.05, 0.1) is 18.8 Å². The largest absolute Gasteiger partial charge is 0.378 e. The minimum absolute atomic E-state index is 0.0459. The van der Waals surface area contributed by atoms with Gasteiger partial charge in [0.1, 0.15) is 0 Å². The lowest BCUT2D eigenvalue weighted by atomic mass is 9.54. The van der Waals surface area contributed by atoms with Crippen molar-refractivity contribution in [2.75, 3.05) is 26.3 Å². The number of morpholine rings is 1. The van der Waals surface area contributed by atoms with Gasteiger partial charge in [-0.2, -0.15) is 0 Å². The molecule has 4 heteroatoms. The van der Waals surface area contributed by atoms with Crippen LogP contribution in [-0.4, -0.2) is 55.0 Å². The summed E-state index contributed by atoms with van der Waals surface area (Å²) in [7, 11) is 0. The average Bonchev–Trinajstić information content (AvgIpc) is 2.33. The molecule has 0 aromatic rings. The van der Waals surface area contributed by atoms with E-state index in [4.69, 9.17) is 15.2 Å². The van der Waals surface area contributed by atoms with E-state index in [0.29, 0.717) is 18.2 Å². The topological polar surface area (TPSA) is 47.7 Å². The highest BCUT2D eigenvalue weighted by Gasteiger charge is 2.59. The molecular weight excluding hydrogens is 240 g/mol. The maximum atomic E-state index is 6.68. The van der Waals surface area contributed by atoms with Gasteiger partial charge in [0, 0.05) is 36.7 Å². The van der Waals surface area contributed by atoms with Crippen molar-refractivity contribution in [2.24, 2.45) is 11.1 Å². The van der Waals surface area contributed by atoms with Gasteiger partial charge in [-0.05, 0) is 27.2 Å². The first-order chi connectivity index (χ1) is 8.80. The SMILES string of the molecule is CCOC1CC(N)(CN2CC(C)OCC2C)C1(C)C. The Morgan fingerprint density at radius 3 is 2.63 bits per heavy atom. The summed E-state index contributed by atoms with van der Waals surface area (Å²) in [6, 6.07) is 0.457. The molecule has 1 aliphatic heterocycles. The Bertz CT molecular complexity index is 321. The summed E-state index contributed by atoms with van der Waals surface area (Å²) >= 11 is 0. The van der Waals surface area contributed by atoms with E-state index >= 15 is 0 Å². The van der Waals surface area contributed by atoms with Gasteiger partial charge in [-0.25, -0.2) is 0 Å². The molecule has 4 atom stereocenters. The smallest absolute Gasteiger partial charge is 0.0674 e. The molecule has 19 heavy (non-hydrogen) atoms. The van der Waals surface area contributed by atoms with Gasteiger partial charge >= 0.3 is 0 Å². The second kappa shape index (κ2) is 5.32. The Morgan fingerprint density at radius 1 is 1.37 bits per heavy atom. The lowest BCUT2D eigenvalue weighted by Crippen LogP contribution is -2.74. The van der Waals surface area contributed by atoms with Gasteiger partial charge < -0.3 is 15.2 Å². The van der Waals surface area contributed by atoms with Crippen molar-refractivity contribution in [3.05, 3.63) is 0 Å². The molecule has 2 N–H and O–H groups in total. The molecule has 0 spiro atoms. The second-order valence-electron chi connectivity index (χ2n) is 6.95. The van der Waals surface area contributed by atoms with Crippen molar-refractivity contribution in [3.63, 3.8) is 0 Å². The lowest BCUT2D eigenvalue weighted by Gasteiger charge is -2.61. The predicted molar refractivity (Wildman–Crippen MR) is 77.2 cm³/mol. The number of nitrogens with two attached hydrogens (primary N) is 1. The summed E-state index contributed by atoms with van der Waals surface area (Å²) in [5.74, 6) is 0. The van der Waals surface area contributed by atoms with Crippen molar-refractivity contribution in [1.29, 1.82) is 0 Å². The van der Waals surface area contributed by atoms with Crippen LogP contribution in [0.3, 0.4) is 0 Å². The average molecular weight is 270 g/mol. The van der Waals surface area contributed by atoms with Gasteiger partial charge in [0.15, 0.2) is 0 Å². The molecular formula is C15H30N2O2. The Kier molecular flexibility index (Phi) is 4.26. The minimum Gasteiger partial charge on any atom is -0.378 e. The Hall–Kier alpha value is -0.160. The van der Waals surface area contributed by atoms with E-state index in [-0.39, 0.29) is 11.0 Å². The van der Waals surface area contributed by atoms with Crippen LogP contribution in [0.25, 0.3) is 0 Å². The van der Waals surface area contributed by atoms with Crippen molar-refractivity contribution >= 4 is 0 Å². The molecule has 1 saturated heterocycles.